The largest absolute Gasteiger partial charge is 0.310 e. The summed E-state index contributed by atoms with van der Waals surface area (Å²) >= 11 is 0. The molecule has 0 aromatic heterocycles. The molecular weight excluding hydrogens is 699 g/mol. The Morgan fingerprint density at radius 3 is 1.64 bits per heavy atom. The van der Waals surface area contributed by atoms with Crippen molar-refractivity contribution in [1.29, 1.82) is 0 Å². The van der Waals surface area contributed by atoms with Crippen molar-refractivity contribution in [2.45, 2.75) is 19.3 Å². The molecule has 10 aromatic carbocycles. The summed E-state index contributed by atoms with van der Waals surface area (Å²) in [5.74, 6) is 0. The van der Waals surface area contributed by atoms with Gasteiger partial charge in [-0.25, -0.2) is 0 Å². The van der Waals surface area contributed by atoms with Crippen molar-refractivity contribution in [2.24, 2.45) is 0 Å². The van der Waals surface area contributed by atoms with Crippen LogP contribution in [0.3, 0.4) is 0 Å². The maximum absolute atomic E-state index is 2.41. The number of nitrogens with zero attached hydrogens (tertiary/aromatic N) is 1. The van der Waals surface area contributed by atoms with Gasteiger partial charge in [0.1, 0.15) is 0 Å². The van der Waals surface area contributed by atoms with Gasteiger partial charge in [-0.2, -0.15) is 0 Å². The Bertz CT molecular complexity index is 3160. The zero-order valence-corrected chi connectivity index (χ0v) is 32.7. The topological polar surface area (TPSA) is 3.24 Å². The van der Waals surface area contributed by atoms with Gasteiger partial charge in [-0.1, -0.05) is 196 Å². The highest BCUT2D eigenvalue weighted by Crippen LogP contribution is 2.55. The van der Waals surface area contributed by atoms with Gasteiger partial charge < -0.3 is 4.90 Å². The Hall–Kier alpha value is -7.22. The summed E-state index contributed by atoms with van der Waals surface area (Å²) in [4.78, 5) is 2.40. The van der Waals surface area contributed by atoms with Crippen LogP contribution in [0, 0.1) is 0 Å². The minimum Gasteiger partial charge on any atom is -0.310 e. The summed E-state index contributed by atoms with van der Waals surface area (Å²) in [6.07, 6.45) is 0. The molecule has 0 N–H and O–H groups in total. The lowest BCUT2D eigenvalue weighted by molar-refractivity contribution is 0.647. The average molecular weight is 740 g/mol. The van der Waals surface area contributed by atoms with Gasteiger partial charge >= 0.3 is 0 Å². The Morgan fingerprint density at radius 1 is 0.345 bits per heavy atom. The van der Waals surface area contributed by atoms with Gasteiger partial charge in [-0.05, 0) is 113 Å². The van der Waals surface area contributed by atoms with Crippen LogP contribution in [0.5, 0.6) is 0 Å². The first-order valence-corrected chi connectivity index (χ1v) is 20.3. The summed E-state index contributed by atoms with van der Waals surface area (Å²) < 4.78 is 0. The molecule has 274 valence electrons. The van der Waals surface area contributed by atoms with E-state index in [1.165, 1.54) is 88.0 Å². The molecule has 1 nitrogen and oxygen atoms in total. The van der Waals surface area contributed by atoms with E-state index in [1.807, 2.05) is 0 Å². The molecule has 1 aliphatic carbocycles. The van der Waals surface area contributed by atoms with E-state index in [1.54, 1.807) is 0 Å². The van der Waals surface area contributed by atoms with Gasteiger partial charge in [-0.3, -0.25) is 0 Å². The lowest BCUT2D eigenvalue weighted by Gasteiger charge is -2.38. The van der Waals surface area contributed by atoms with Crippen LogP contribution >= 0.6 is 0 Å². The predicted molar refractivity (Wildman–Crippen MR) is 248 cm³/mol. The zero-order chi connectivity index (χ0) is 38.8. The van der Waals surface area contributed by atoms with Gasteiger partial charge in [0.15, 0.2) is 0 Å². The van der Waals surface area contributed by atoms with E-state index in [2.05, 4.69) is 231 Å². The Balaban J connectivity index is 1.08. The molecule has 0 atom stereocenters. The second-order valence-electron chi connectivity index (χ2n) is 16.1. The maximum Gasteiger partial charge on any atom is 0.0540 e. The highest BCUT2D eigenvalue weighted by molar-refractivity contribution is 6.13. The number of anilines is 3. The quantitative estimate of drug-likeness (QED) is 0.164. The fraction of sp³-hybridized carbons (Fsp3) is 0.0526. The first kappa shape index (κ1) is 34.1. The molecule has 0 heterocycles. The second kappa shape index (κ2) is 13.5. The first-order valence-electron chi connectivity index (χ1n) is 20.3. The van der Waals surface area contributed by atoms with Crippen molar-refractivity contribution in [3.63, 3.8) is 0 Å². The number of rotatable bonds is 6. The van der Waals surface area contributed by atoms with Gasteiger partial charge in [0.05, 0.1) is 5.69 Å². The molecular formula is C57H41N. The van der Waals surface area contributed by atoms with Crippen molar-refractivity contribution in [1.82, 2.24) is 0 Å². The predicted octanol–water partition coefficient (Wildman–Crippen LogP) is 15.9. The van der Waals surface area contributed by atoms with Crippen LogP contribution in [-0.4, -0.2) is 0 Å². The number of hydrogen-bond donors (Lipinski definition) is 0. The van der Waals surface area contributed by atoms with Crippen molar-refractivity contribution in [3.8, 4) is 44.5 Å². The van der Waals surface area contributed by atoms with E-state index < -0.39 is 0 Å². The molecule has 1 heteroatoms. The second-order valence-corrected chi connectivity index (χ2v) is 16.1. The zero-order valence-electron chi connectivity index (χ0n) is 32.7. The molecule has 0 radical (unpaired) electrons. The maximum atomic E-state index is 2.41. The molecule has 0 saturated carbocycles. The van der Waals surface area contributed by atoms with Crippen LogP contribution < -0.4 is 4.90 Å². The summed E-state index contributed by atoms with van der Waals surface area (Å²) in [5, 5.41) is 7.63. The van der Waals surface area contributed by atoms with E-state index in [4.69, 9.17) is 0 Å². The fourth-order valence-electron chi connectivity index (χ4n) is 9.73. The van der Waals surface area contributed by atoms with E-state index in [-0.39, 0.29) is 5.41 Å². The SMILES string of the molecule is CC1(C)c2c(-c3ccc(N(c4ccc(-c5ccccc5)cc4)c4cccc5ccccc45)cc3)cccc2-c2c(-c3cccc4ccccc34)ccc3cccc1c23. The lowest BCUT2D eigenvalue weighted by atomic mass is 9.65. The molecule has 0 bridgehead atoms. The van der Waals surface area contributed by atoms with Crippen LogP contribution in [0.1, 0.15) is 25.0 Å². The van der Waals surface area contributed by atoms with Gasteiger partial charge in [0, 0.05) is 22.2 Å². The summed E-state index contributed by atoms with van der Waals surface area (Å²) in [7, 11) is 0. The van der Waals surface area contributed by atoms with Gasteiger partial charge in [0.2, 0.25) is 0 Å². The van der Waals surface area contributed by atoms with E-state index in [9.17, 15) is 0 Å². The third-order valence-electron chi connectivity index (χ3n) is 12.4. The standard InChI is InChI=1S/C57H41N/c1-57(2)52-26-11-20-43-32-37-50(49-24-10-18-40-16-6-8-21-46(40)49)55(54(43)52)51-25-13-23-48(56(51)57)42-30-35-45(36-31-42)58(53-27-12-19-41-17-7-9-22-47(41)53)44-33-28-39(29-34-44)38-14-4-3-5-15-38/h3-37H,1-2H3. The molecule has 0 fully saturated rings. The minimum atomic E-state index is -0.232. The Morgan fingerprint density at radius 2 is 0.879 bits per heavy atom. The summed E-state index contributed by atoms with van der Waals surface area (Å²) in [6, 6.07) is 78.1. The van der Waals surface area contributed by atoms with Crippen molar-refractivity contribution in [2.75, 3.05) is 4.90 Å². The van der Waals surface area contributed by atoms with E-state index in [0.717, 1.165) is 17.1 Å². The van der Waals surface area contributed by atoms with Crippen molar-refractivity contribution in [3.05, 3.63) is 223 Å². The van der Waals surface area contributed by atoms with Gasteiger partial charge in [0.25, 0.3) is 0 Å². The molecule has 58 heavy (non-hydrogen) atoms. The number of fused-ring (bicyclic) bond motifs is 4. The summed E-state index contributed by atoms with van der Waals surface area (Å²) in [6.45, 7) is 4.82. The molecule has 0 unspecified atom stereocenters. The fourth-order valence-corrected chi connectivity index (χ4v) is 9.73. The minimum absolute atomic E-state index is 0.232. The number of hydrogen-bond acceptors (Lipinski definition) is 1. The van der Waals surface area contributed by atoms with Crippen LogP contribution in [0.15, 0.2) is 212 Å². The monoisotopic (exact) mass is 739 g/mol. The molecule has 1 aliphatic rings. The van der Waals surface area contributed by atoms with Crippen molar-refractivity contribution >= 4 is 49.4 Å². The van der Waals surface area contributed by atoms with Crippen LogP contribution in [0.2, 0.25) is 0 Å². The number of benzene rings is 10. The molecule has 0 saturated heterocycles. The smallest absolute Gasteiger partial charge is 0.0540 e. The molecule has 11 rings (SSSR count). The van der Waals surface area contributed by atoms with Crippen LogP contribution in [0.25, 0.3) is 76.8 Å². The highest BCUT2D eigenvalue weighted by Gasteiger charge is 2.37. The van der Waals surface area contributed by atoms with Crippen LogP contribution in [-0.2, 0) is 5.41 Å². The van der Waals surface area contributed by atoms with Crippen molar-refractivity contribution < 1.29 is 0 Å². The van der Waals surface area contributed by atoms with E-state index in [0.29, 0.717) is 0 Å². The first-order chi connectivity index (χ1) is 28.5. The van der Waals surface area contributed by atoms with Crippen LogP contribution in [0.4, 0.5) is 17.1 Å². The molecule has 0 amide bonds. The third kappa shape index (κ3) is 5.39. The molecule has 10 aromatic rings. The molecule has 0 spiro atoms. The summed E-state index contributed by atoms with van der Waals surface area (Å²) in [5.41, 5.74) is 16.0. The van der Waals surface area contributed by atoms with Gasteiger partial charge in [-0.15, -0.1) is 0 Å². The Kier molecular flexibility index (Phi) is 7.91. The third-order valence-corrected chi connectivity index (χ3v) is 12.4. The normalized spacial score (nSPS) is 12.8. The highest BCUT2D eigenvalue weighted by atomic mass is 15.1. The average Bonchev–Trinajstić information content (AvgIpc) is 3.28. The van der Waals surface area contributed by atoms with E-state index >= 15 is 0 Å². The lowest BCUT2D eigenvalue weighted by Crippen LogP contribution is -2.25. The molecule has 0 aliphatic heterocycles. The Labute approximate surface area is 340 Å².